The van der Waals surface area contributed by atoms with Crippen LogP contribution in [0.25, 0.3) is 0 Å². The van der Waals surface area contributed by atoms with Crippen LogP contribution in [0.2, 0.25) is 0 Å². The van der Waals surface area contributed by atoms with Crippen LogP contribution in [0.5, 0.6) is 0 Å². The maximum atomic E-state index is 2.70. The van der Waals surface area contributed by atoms with E-state index in [1.807, 2.05) is 0 Å². The Morgan fingerprint density at radius 1 is 1.23 bits per heavy atom. The van der Waals surface area contributed by atoms with Gasteiger partial charge in [0.15, 0.2) is 0 Å². The molecule has 0 amide bonds. The van der Waals surface area contributed by atoms with Crippen LogP contribution in [0.1, 0.15) is 26.7 Å². The van der Waals surface area contributed by atoms with E-state index in [4.69, 9.17) is 0 Å². The van der Waals surface area contributed by atoms with Crippen LogP contribution in [-0.4, -0.2) is 48.6 Å². The average Bonchev–Trinajstić information content (AvgIpc) is 2.48. The minimum atomic E-state index is 0.786. The quantitative estimate of drug-likeness (QED) is 0.605. The minimum absolute atomic E-state index is 0.786. The summed E-state index contributed by atoms with van der Waals surface area (Å²) in [6, 6.07) is 1.66. The fraction of sp³-hybridized carbons (Fsp3) is 1.00. The molecular weight excluding hydrogens is 160 g/mol. The van der Waals surface area contributed by atoms with E-state index in [9.17, 15) is 0 Å². The molecule has 0 aromatic heterocycles. The summed E-state index contributed by atoms with van der Waals surface area (Å²) >= 11 is 0. The van der Waals surface area contributed by atoms with E-state index in [1.165, 1.54) is 32.5 Å². The SMILES string of the molecule is CC(C)C1CN2CCCC2CN1C. The van der Waals surface area contributed by atoms with Gasteiger partial charge in [-0.05, 0) is 32.4 Å². The summed E-state index contributed by atoms with van der Waals surface area (Å²) in [5, 5.41) is 0. The van der Waals surface area contributed by atoms with Gasteiger partial charge >= 0.3 is 0 Å². The van der Waals surface area contributed by atoms with Crippen LogP contribution in [0.3, 0.4) is 0 Å². The van der Waals surface area contributed by atoms with Crippen LogP contribution in [0, 0.1) is 5.92 Å². The van der Waals surface area contributed by atoms with Crippen LogP contribution in [0.4, 0.5) is 0 Å². The average molecular weight is 182 g/mol. The lowest BCUT2D eigenvalue weighted by atomic mass is 9.98. The van der Waals surface area contributed by atoms with Crippen molar-refractivity contribution in [2.24, 2.45) is 5.92 Å². The van der Waals surface area contributed by atoms with Gasteiger partial charge in [-0.1, -0.05) is 13.8 Å². The smallest absolute Gasteiger partial charge is 0.0243 e. The van der Waals surface area contributed by atoms with E-state index in [0.717, 1.165) is 18.0 Å². The Kier molecular flexibility index (Phi) is 2.61. The first-order chi connectivity index (χ1) is 6.18. The van der Waals surface area contributed by atoms with Gasteiger partial charge in [-0.2, -0.15) is 0 Å². The molecular formula is C11H22N2. The zero-order chi connectivity index (χ0) is 9.42. The minimum Gasteiger partial charge on any atom is -0.300 e. The van der Waals surface area contributed by atoms with E-state index >= 15 is 0 Å². The molecule has 0 aromatic rings. The van der Waals surface area contributed by atoms with Crippen molar-refractivity contribution >= 4 is 0 Å². The number of likely N-dealkylation sites (N-methyl/N-ethyl adjacent to an activating group) is 1. The third kappa shape index (κ3) is 1.75. The molecule has 0 aromatic carbocycles. The van der Waals surface area contributed by atoms with Gasteiger partial charge in [0.25, 0.3) is 0 Å². The van der Waals surface area contributed by atoms with Crippen molar-refractivity contribution in [3.8, 4) is 0 Å². The summed E-state index contributed by atoms with van der Waals surface area (Å²) in [7, 11) is 2.29. The molecule has 2 atom stereocenters. The molecule has 76 valence electrons. The Balaban J connectivity index is 2.01. The molecule has 0 radical (unpaired) electrons. The van der Waals surface area contributed by atoms with Crippen molar-refractivity contribution in [1.29, 1.82) is 0 Å². The third-order valence-corrected chi connectivity index (χ3v) is 3.76. The summed E-state index contributed by atoms with van der Waals surface area (Å²) in [6.07, 6.45) is 2.85. The van der Waals surface area contributed by atoms with Crippen LogP contribution in [-0.2, 0) is 0 Å². The number of fused-ring (bicyclic) bond motifs is 1. The van der Waals surface area contributed by atoms with E-state index < -0.39 is 0 Å². The maximum absolute atomic E-state index is 2.70. The number of rotatable bonds is 1. The summed E-state index contributed by atoms with van der Waals surface area (Å²) in [6.45, 7) is 8.64. The number of nitrogens with zero attached hydrogens (tertiary/aromatic N) is 2. The zero-order valence-corrected chi connectivity index (χ0v) is 9.16. The van der Waals surface area contributed by atoms with Gasteiger partial charge < -0.3 is 4.90 Å². The molecule has 13 heavy (non-hydrogen) atoms. The zero-order valence-electron chi connectivity index (χ0n) is 9.16. The Bertz CT molecular complexity index is 179. The monoisotopic (exact) mass is 182 g/mol. The first-order valence-electron chi connectivity index (χ1n) is 5.63. The van der Waals surface area contributed by atoms with Gasteiger partial charge in [0.05, 0.1) is 0 Å². The van der Waals surface area contributed by atoms with Crippen molar-refractivity contribution in [2.75, 3.05) is 26.7 Å². The normalized spacial score (nSPS) is 36.9. The van der Waals surface area contributed by atoms with Crippen molar-refractivity contribution < 1.29 is 0 Å². The van der Waals surface area contributed by atoms with Gasteiger partial charge in [0.2, 0.25) is 0 Å². The molecule has 2 aliphatic rings. The van der Waals surface area contributed by atoms with Crippen molar-refractivity contribution in [3.63, 3.8) is 0 Å². The second-order valence-electron chi connectivity index (χ2n) is 5.04. The fourth-order valence-corrected chi connectivity index (χ4v) is 2.91. The van der Waals surface area contributed by atoms with Gasteiger partial charge in [-0.3, -0.25) is 4.90 Å². The summed E-state index contributed by atoms with van der Waals surface area (Å²) in [4.78, 5) is 5.27. The highest BCUT2D eigenvalue weighted by Gasteiger charge is 2.35. The van der Waals surface area contributed by atoms with Gasteiger partial charge in [0.1, 0.15) is 0 Å². The van der Waals surface area contributed by atoms with E-state index in [0.29, 0.717) is 0 Å². The molecule has 0 spiro atoms. The molecule has 2 fully saturated rings. The molecule has 2 aliphatic heterocycles. The molecule has 0 bridgehead atoms. The second kappa shape index (κ2) is 3.58. The standard InChI is InChI=1S/C11H22N2/c1-9(2)11-8-13-6-4-5-10(13)7-12(11)3/h9-11H,4-8H2,1-3H3. The lowest BCUT2D eigenvalue weighted by Crippen LogP contribution is -2.56. The first kappa shape index (κ1) is 9.47. The summed E-state index contributed by atoms with van der Waals surface area (Å²) in [5.74, 6) is 0.798. The van der Waals surface area contributed by atoms with Crippen LogP contribution >= 0.6 is 0 Å². The first-order valence-corrected chi connectivity index (χ1v) is 5.63. The van der Waals surface area contributed by atoms with E-state index in [2.05, 4.69) is 30.7 Å². The predicted molar refractivity (Wildman–Crippen MR) is 55.9 cm³/mol. The van der Waals surface area contributed by atoms with Crippen LogP contribution in [0.15, 0.2) is 0 Å². The highest BCUT2D eigenvalue weighted by atomic mass is 15.3. The lowest BCUT2D eigenvalue weighted by Gasteiger charge is -2.43. The maximum Gasteiger partial charge on any atom is 0.0243 e. The lowest BCUT2D eigenvalue weighted by molar-refractivity contribution is 0.0482. The predicted octanol–water partition coefficient (Wildman–Crippen LogP) is 1.42. The number of hydrogen-bond acceptors (Lipinski definition) is 2. The fourth-order valence-electron chi connectivity index (χ4n) is 2.91. The highest BCUT2D eigenvalue weighted by molar-refractivity contribution is 4.91. The van der Waals surface area contributed by atoms with Gasteiger partial charge in [-0.25, -0.2) is 0 Å². The highest BCUT2D eigenvalue weighted by Crippen LogP contribution is 2.26. The van der Waals surface area contributed by atoms with Crippen molar-refractivity contribution in [3.05, 3.63) is 0 Å². The molecule has 2 heteroatoms. The molecule has 0 aliphatic carbocycles. The Morgan fingerprint density at radius 3 is 2.69 bits per heavy atom. The largest absolute Gasteiger partial charge is 0.300 e. The van der Waals surface area contributed by atoms with E-state index in [-0.39, 0.29) is 0 Å². The number of hydrogen-bond donors (Lipinski definition) is 0. The van der Waals surface area contributed by atoms with Crippen molar-refractivity contribution in [1.82, 2.24) is 9.80 Å². The molecule has 2 unspecified atom stereocenters. The van der Waals surface area contributed by atoms with Gasteiger partial charge in [-0.15, -0.1) is 0 Å². The Labute approximate surface area is 81.9 Å². The van der Waals surface area contributed by atoms with Crippen molar-refractivity contribution in [2.45, 2.75) is 38.8 Å². The second-order valence-corrected chi connectivity index (χ2v) is 5.04. The molecule has 2 rings (SSSR count). The molecule has 0 saturated carbocycles. The summed E-state index contributed by atoms with van der Waals surface area (Å²) in [5.41, 5.74) is 0. The molecule has 2 nitrogen and oxygen atoms in total. The molecule has 2 heterocycles. The van der Waals surface area contributed by atoms with Gasteiger partial charge in [0, 0.05) is 25.2 Å². The van der Waals surface area contributed by atoms with E-state index in [1.54, 1.807) is 0 Å². The van der Waals surface area contributed by atoms with Crippen LogP contribution < -0.4 is 0 Å². The third-order valence-electron chi connectivity index (χ3n) is 3.76. The number of piperazine rings is 1. The summed E-state index contributed by atoms with van der Waals surface area (Å²) < 4.78 is 0. The molecule has 0 N–H and O–H groups in total. The topological polar surface area (TPSA) is 6.48 Å². The molecule has 2 saturated heterocycles. The Hall–Kier alpha value is -0.0800. The Morgan fingerprint density at radius 2 is 2.00 bits per heavy atom.